The summed E-state index contributed by atoms with van der Waals surface area (Å²) in [6, 6.07) is 7.36. The van der Waals surface area contributed by atoms with E-state index in [9.17, 15) is 4.79 Å². The second-order valence-electron chi connectivity index (χ2n) is 4.48. The molecule has 0 spiro atoms. The molecule has 0 saturated carbocycles. The molecule has 6 nitrogen and oxygen atoms in total. The summed E-state index contributed by atoms with van der Waals surface area (Å²) in [5.74, 6) is 1.22. The molecule has 20 heavy (non-hydrogen) atoms. The number of ether oxygens (including phenoxy) is 1. The van der Waals surface area contributed by atoms with Gasteiger partial charge in [0.05, 0.1) is 19.0 Å². The Balaban J connectivity index is 2.40. The summed E-state index contributed by atoms with van der Waals surface area (Å²) in [5, 5.41) is 4.57. The van der Waals surface area contributed by atoms with Crippen molar-refractivity contribution in [2.24, 2.45) is 7.05 Å². The van der Waals surface area contributed by atoms with E-state index in [-0.39, 0.29) is 5.56 Å². The van der Waals surface area contributed by atoms with Crippen molar-refractivity contribution in [3.05, 3.63) is 46.6 Å². The zero-order chi connectivity index (χ0) is 14.3. The van der Waals surface area contributed by atoms with Crippen molar-refractivity contribution >= 4 is 11.0 Å². The largest absolute Gasteiger partial charge is 0.495 e. The summed E-state index contributed by atoms with van der Waals surface area (Å²) in [4.78, 5) is 17.1. The topological polar surface area (TPSA) is 61.9 Å². The third-order valence-corrected chi connectivity index (χ3v) is 3.26. The van der Waals surface area contributed by atoms with Gasteiger partial charge in [-0.3, -0.25) is 14.0 Å². The Bertz CT molecular complexity index is 848. The van der Waals surface area contributed by atoms with Crippen molar-refractivity contribution in [3.63, 3.8) is 0 Å². The standard InChI is InChI=1S/C14H14N4O2/c1-9-16-13-10(8-15-17(13)2)14(19)18(9)11-6-4-5-7-12(11)20-3/h4-8H,1-3H3. The monoisotopic (exact) mass is 270 g/mol. The van der Waals surface area contributed by atoms with E-state index in [0.717, 1.165) is 0 Å². The Hall–Kier alpha value is -2.63. The third-order valence-electron chi connectivity index (χ3n) is 3.26. The highest BCUT2D eigenvalue weighted by atomic mass is 16.5. The molecule has 102 valence electrons. The lowest BCUT2D eigenvalue weighted by atomic mass is 10.2. The predicted molar refractivity (Wildman–Crippen MR) is 75.4 cm³/mol. The highest BCUT2D eigenvalue weighted by molar-refractivity contribution is 5.74. The van der Waals surface area contributed by atoms with Crippen LogP contribution in [0.3, 0.4) is 0 Å². The fourth-order valence-corrected chi connectivity index (χ4v) is 2.28. The molecule has 1 aromatic carbocycles. The Kier molecular flexibility index (Phi) is 2.78. The molecule has 0 fully saturated rings. The van der Waals surface area contributed by atoms with Gasteiger partial charge in [0, 0.05) is 7.05 Å². The minimum Gasteiger partial charge on any atom is -0.495 e. The number of hydrogen-bond acceptors (Lipinski definition) is 4. The summed E-state index contributed by atoms with van der Waals surface area (Å²) in [6.07, 6.45) is 1.54. The van der Waals surface area contributed by atoms with E-state index in [4.69, 9.17) is 4.74 Å². The minimum absolute atomic E-state index is 0.148. The zero-order valence-electron chi connectivity index (χ0n) is 11.5. The van der Waals surface area contributed by atoms with Crippen molar-refractivity contribution in [1.29, 1.82) is 0 Å². The van der Waals surface area contributed by atoms with Crippen molar-refractivity contribution < 1.29 is 4.74 Å². The second kappa shape index (κ2) is 4.48. The van der Waals surface area contributed by atoms with E-state index in [1.807, 2.05) is 24.3 Å². The Labute approximate surface area is 115 Å². The predicted octanol–water partition coefficient (Wildman–Crippen LogP) is 1.44. The number of hydrogen-bond donors (Lipinski definition) is 0. The molecule has 6 heteroatoms. The van der Waals surface area contributed by atoms with Gasteiger partial charge in [-0.2, -0.15) is 5.10 Å². The van der Waals surface area contributed by atoms with Gasteiger partial charge in [0.2, 0.25) is 0 Å². The molecule has 0 amide bonds. The van der Waals surface area contributed by atoms with Gasteiger partial charge < -0.3 is 4.74 Å². The molecule has 0 bridgehead atoms. The minimum atomic E-state index is -0.148. The lowest BCUT2D eigenvalue weighted by molar-refractivity contribution is 0.412. The Morgan fingerprint density at radius 3 is 2.75 bits per heavy atom. The number of aryl methyl sites for hydroxylation is 2. The van der Waals surface area contributed by atoms with E-state index in [1.165, 1.54) is 6.20 Å². The van der Waals surface area contributed by atoms with E-state index in [2.05, 4.69) is 10.1 Å². The van der Waals surface area contributed by atoms with Crippen LogP contribution in [0.5, 0.6) is 5.75 Å². The summed E-state index contributed by atoms with van der Waals surface area (Å²) in [6.45, 7) is 1.79. The summed E-state index contributed by atoms with van der Waals surface area (Å²) in [5.41, 5.74) is 1.11. The van der Waals surface area contributed by atoms with Crippen LogP contribution in [0.2, 0.25) is 0 Å². The van der Waals surface area contributed by atoms with Gasteiger partial charge in [-0.15, -0.1) is 0 Å². The van der Waals surface area contributed by atoms with E-state index in [0.29, 0.717) is 28.3 Å². The molecule has 0 unspecified atom stereocenters. The number of aromatic nitrogens is 4. The third kappa shape index (κ3) is 1.69. The molecule has 2 heterocycles. The molecule has 3 aromatic rings. The molecule has 0 aliphatic carbocycles. The van der Waals surface area contributed by atoms with Crippen LogP contribution in [0.25, 0.3) is 16.7 Å². The number of methoxy groups -OCH3 is 1. The lowest BCUT2D eigenvalue weighted by Crippen LogP contribution is -2.22. The molecule has 0 atom stereocenters. The van der Waals surface area contributed by atoms with Crippen LogP contribution < -0.4 is 10.3 Å². The van der Waals surface area contributed by atoms with Crippen molar-refractivity contribution in [2.75, 3.05) is 7.11 Å². The average molecular weight is 270 g/mol. The highest BCUT2D eigenvalue weighted by Gasteiger charge is 2.15. The van der Waals surface area contributed by atoms with Gasteiger partial charge in [0.1, 0.15) is 17.0 Å². The second-order valence-corrected chi connectivity index (χ2v) is 4.48. The molecule has 0 aliphatic heterocycles. The fraction of sp³-hybridized carbons (Fsp3) is 0.214. The summed E-state index contributed by atoms with van der Waals surface area (Å²) >= 11 is 0. The number of fused-ring (bicyclic) bond motifs is 1. The normalized spacial score (nSPS) is 10.9. The first-order valence-corrected chi connectivity index (χ1v) is 6.18. The van der Waals surface area contributed by atoms with Crippen LogP contribution >= 0.6 is 0 Å². The molecule has 0 radical (unpaired) electrons. The molecular weight excluding hydrogens is 256 g/mol. The highest BCUT2D eigenvalue weighted by Crippen LogP contribution is 2.22. The molecule has 0 saturated heterocycles. The summed E-state index contributed by atoms with van der Waals surface area (Å²) in [7, 11) is 3.34. The molecular formula is C14H14N4O2. The quantitative estimate of drug-likeness (QED) is 0.707. The van der Waals surface area contributed by atoms with Crippen LogP contribution in [-0.2, 0) is 7.05 Å². The molecule has 0 N–H and O–H groups in total. The Morgan fingerprint density at radius 2 is 2.00 bits per heavy atom. The maximum atomic E-state index is 12.6. The first kappa shape index (κ1) is 12.4. The van der Waals surface area contributed by atoms with Crippen LogP contribution in [0.15, 0.2) is 35.3 Å². The smallest absolute Gasteiger partial charge is 0.269 e. The maximum absolute atomic E-state index is 12.6. The number of para-hydroxylation sites is 2. The van der Waals surface area contributed by atoms with Gasteiger partial charge in [-0.25, -0.2) is 4.98 Å². The van der Waals surface area contributed by atoms with Gasteiger partial charge >= 0.3 is 0 Å². The number of benzene rings is 1. The van der Waals surface area contributed by atoms with Crippen LogP contribution in [0, 0.1) is 6.92 Å². The van der Waals surface area contributed by atoms with E-state index in [1.54, 1.807) is 30.3 Å². The average Bonchev–Trinajstić information content (AvgIpc) is 2.81. The Morgan fingerprint density at radius 1 is 1.25 bits per heavy atom. The van der Waals surface area contributed by atoms with Crippen LogP contribution in [0.4, 0.5) is 0 Å². The first-order valence-electron chi connectivity index (χ1n) is 6.18. The lowest BCUT2D eigenvalue weighted by Gasteiger charge is -2.13. The van der Waals surface area contributed by atoms with Crippen molar-refractivity contribution in [2.45, 2.75) is 6.92 Å². The van der Waals surface area contributed by atoms with Gasteiger partial charge in [-0.05, 0) is 19.1 Å². The van der Waals surface area contributed by atoms with Crippen molar-refractivity contribution in [1.82, 2.24) is 19.3 Å². The van der Waals surface area contributed by atoms with Crippen LogP contribution in [0.1, 0.15) is 5.82 Å². The van der Waals surface area contributed by atoms with Crippen LogP contribution in [-0.4, -0.2) is 26.4 Å². The van der Waals surface area contributed by atoms with Gasteiger partial charge in [0.15, 0.2) is 5.65 Å². The fourth-order valence-electron chi connectivity index (χ4n) is 2.28. The van der Waals surface area contributed by atoms with Crippen molar-refractivity contribution in [3.8, 4) is 11.4 Å². The first-order chi connectivity index (χ1) is 9.63. The number of nitrogens with zero attached hydrogens (tertiary/aromatic N) is 4. The van der Waals surface area contributed by atoms with Gasteiger partial charge in [-0.1, -0.05) is 12.1 Å². The SMILES string of the molecule is COc1ccccc1-n1c(C)nc2c(cnn2C)c1=O. The zero-order valence-corrected chi connectivity index (χ0v) is 11.5. The molecule has 3 rings (SSSR count). The molecule has 0 aliphatic rings. The van der Waals surface area contributed by atoms with Gasteiger partial charge in [0.25, 0.3) is 5.56 Å². The van der Waals surface area contributed by atoms with E-state index >= 15 is 0 Å². The van der Waals surface area contributed by atoms with E-state index < -0.39 is 0 Å². The number of rotatable bonds is 2. The maximum Gasteiger partial charge on any atom is 0.269 e. The summed E-state index contributed by atoms with van der Waals surface area (Å²) < 4.78 is 8.46. The molecule has 2 aromatic heterocycles.